The lowest BCUT2D eigenvalue weighted by Crippen LogP contribution is -2.48. The Kier molecular flexibility index (Phi) is 5.55. The van der Waals surface area contributed by atoms with Crippen molar-refractivity contribution in [1.29, 1.82) is 5.26 Å². The van der Waals surface area contributed by atoms with Crippen LogP contribution >= 0.6 is 0 Å². The van der Waals surface area contributed by atoms with Gasteiger partial charge >= 0.3 is 6.03 Å². The van der Waals surface area contributed by atoms with Crippen LogP contribution < -0.4 is 10.1 Å². The maximum atomic E-state index is 12.4. The summed E-state index contributed by atoms with van der Waals surface area (Å²) >= 11 is 0. The molecule has 2 aliphatic rings. The number of hydrogen-bond acceptors (Lipinski definition) is 4. The van der Waals surface area contributed by atoms with Crippen LogP contribution in [-0.2, 0) is 4.74 Å². The van der Waals surface area contributed by atoms with E-state index >= 15 is 0 Å². The molecular weight excluding hydrogens is 306 g/mol. The second-order valence-electron chi connectivity index (χ2n) is 6.17. The number of hydrogen-bond donors (Lipinski definition) is 1. The van der Waals surface area contributed by atoms with Gasteiger partial charge in [0.15, 0.2) is 0 Å². The first kappa shape index (κ1) is 16.6. The molecule has 2 saturated heterocycles. The highest BCUT2D eigenvalue weighted by atomic mass is 16.5. The molecule has 2 fully saturated rings. The molecule has 2 aliphatic heterocycles. The largest absolute Gasteiger partial charge is 0.492 e. The zero-order chi connectivity index (χ0) is 16.8. The van der Waals surface area contributed by atoms with Gasteiger partial charge in [0.1, 0.15) is 12.4 Å². The first-order chi connectivity index (χ1) is 11.8. The van der Waals surface area contributed by atoms with Gasteiger partial charge in [0.05, 0.1) is 30.3 Å². The molecule has 0 aliphatic carbocycles. The van der Waals surface area contributed by atoms with Crippen molar-refractivity contribution in [3.05, 3.63) is 29.8 Å². The van der Waals surface area contributed by atoms with Crippen LogP contribution in [0.3, 0.4) is 0 Å². The van der Waals surface area contributed by atoms with Gasteiger partial charge in [-0.05, 0) is 49.9 Å². The zero-order valence-electron chi connectivity index (χ0n) is 13.7. The van der Waals surface area contributed by atoms with Crippen molar-refractivity contribution in [2.45, 2.75) is 37.8 Å². The average Bonchev–Trinajstić information content (AvgIpc) is 3.29. The lowest BCUT2D eigenvalue weighted by atomic mass is 10.1. The minimum Gasteiger partial charge on any atom is -0.492 e. The molecular formula is C18H23N3O3. The first-order valence-corrected chi connectivity index (χ1v) is 8.57. The molecule has 0 bridgehead atoms. The number of ether oxygens (including phenoxy) is 2. The Morgan fingerprint density at radius 1 is 1.33 bits per heavy atom. The van der Waals surface area contributed by atoms with Gasteiger partial charge in [0, 0.05) is 13.2 Å². The Hall–Kier alpha value is -2.26. The molecule has 0 saturated carbocycles. The SMILES string of the molecule is N#Cc1ccc(OCCNC(=O)N2CCCC2C2CCCO2)cc1. The summed E-state index contributed by atoms with van der Waals surface area (Å²) in [7, 11) is 0. The molecule has 1 aromatic rings. The predicted octanol–water partition coefficient (Wildman–Crippen LogP) is 2.29. The Morgan fingerprint density at radius 3 is 2.88 bits per heavy atom. The summed E-state index contributed by atoms with van der Waals surface area (Å²) in [5, 5.41) is 11.7. The van der Waals surface area contributed by atoms with Crippen molar-refractivity contribution in [2.75, 3.05) is 26.3 Å². The van der Waals surface area contributed by atoms with Gasteiger partial charge in [-0.25, -0.2) is 4.79 Å². The van der Waals surface area contributed by atoms with Crippen LogP contribution in [0.15, 0.2) is 24.3 Å². The van der Waals surface area contributed by atoms with Gasteiger partial charge in [0.2, 0.25) is 0 Å². The molecule has 128 valence electrons. The summed E-state index contributed by atoms with van der Waals surface area (Å²) in [5.74, 6) is 0.696. The third-order valence-corrected chi connectivity index (χ3v) is 4.58. The standard InChI is InChI=1S/C18H23N3O3/c19-13-14-5-7-15(8-6-14)23-12-9-20-18(22)21-10-1-3-16(21)17-4-2-11-24-17/h5-8,16-17H,1-4,9-12H2,(H,20,22). The second-order valence-corrected chi connectivity index (χ2v) is 6.17. The summed E-state index contributed by atoms with van der Waals surface area (Å²) in [6.45, 7) is 2.46. The highest BCUT2D eigenvalue weighted by Gasteiger charge is 2.36. The monoisotopic (exact) mass is 329 g/mol. The molecule has 2 unspecified atom stereocenters. The number of amides is 2. The van der Waals surface area contributed by atoms with Gasteiger partial charge in [-0.2, -0.15) is 5.26 Å². The first-order valence-electron chi connectivity index (χ1n) is 8.57. The number of likely N-dealkylation sites (tertiary alicyclic amines) is 1. The molecule has 24 heavy (non-hydrogen) atoms. The van der Waals surface area contributed by atoms with E-state index < -0.39 is 0 Å². The van der Waals surface area contributed by atoms with E-state index in [4.69, 9.17) is 14.7 Å². The van der Waals surface area contributed by atoms with Crippen molar-refractivity contribution in [2.24, 2.45) is 0 Å². The number of nitriles is 1. The Labute approximate surface area is 142 Å². The molecule has 1 aromatic carbocycles. The summed E-state index contributed by atoms with van der Waals surface area (Å²) in [6.07, 6.45) is 4.42. The quantitative estimate of drug-likeness (QED) is 0.841. The topological polar surface area (TPSA) is 74.6 Å². The molecule has 0 spiro atoms. The molecule has 1 N–H and O–H groups in total. The summed E-state index contributed by atoms with van der Waals surface area (Å²) in [5.41, 5.74) is 0.602. The number of carbonyl (C=O) groups is 1. The van der Waals surface area contributed by atoms with Gasteiger partial charge in [-0.1, -0.05) is 0 Å². The van der Waals surface area contributed by atoms with Crippen molar-refractivity contribution in [3.8, 4) is 11.8 Å². The Morgan fingerprint density at radius 2 is 2.17 bits per heavy atom. The summed E-state index contributed by atoms with van der Waals surface area (Å²) in [6, 6.07) is 9.19. The molecule has 6 nitrogen and oxygen atoms in total. The fraction of sp³-hybridized carbons (Fsp3) is 0.556. The number of benzene rings is 1. The maximum absolute atomic E-state index is 12.4. The maximum Gasteiger partial charge on any atom is 0.317 e. The Bertz CT molecular complexity index is 591. The van der Waals surface area contributed by atoms with Crippen LogP contribution in [0.4, 0.5) is 4.79 Å². The molecule has 3 rings (SSSR count). The van der Waals surface area contributed by atoms with Crippen molar-refractivity contribution >= 4 is 6.03 Å². The van der Waals surface area contributed by atoms with Crippen LogP contribution in [0.25, 0.3) is 0 Å². The Balaban J connectivity index is 1.41. The number of nitrogens with one attached hydrogen (secondary N) is 1. The van der Waals surface area contributed by atoms with E-state index in [1.165, 1.54) is 0 Å². The molecule has 2 heterocycles. The van der Waals surface area contributed by atoms with Crippen LogP contribution in [0.5, 0.6) is 5.75 Å². The van der Waals surface area contributed by atoms with Crippen LogP contribution in [-0.4, -0.2) is 49.4 Å². The van der Waals surface area contributed by atoms with Crippen LogP contribution in [0.2, 0.25) is 0 Å². The summed E-state index contributed by atoms with van der Waals surface area (Å²) in [4.78, 5) is 14.3. The highest BCUT2D eigenvalue weighted by Crippen LogP contribution is 2.27. The molecule has 2 atom stereocenters. The third-order valence-electron chi connectivity index (χ3n) is 4.58. The van der Waals surface area contributed by atoms with E-state index in [0.717, 1.165) is 38.8 Å². The fourth-order valence-corrected chi connectivity index (χ4v) is 3.39. The zero-order valence-corrected chi connectivity index (χ0v) is 13.7. The van der Waals surface area contributed by atoms with Crippen molar-refractivity contribution < 1.29 is 14.3 Å². The predicted molar refractivity (Wildman–Crippen MR) is 88.8 cm³/mol. The lowest BCUT2D eigenvalue weighted by molar-refractivity contribution is 0.0520. The van der Waals surface area contributed by atoms with E-state index in [9.17, 15) is 4.79 Å². The second kappa shape index (κ2) is 8.02. The third kappa shape index (κ3) is 3.98. The molecule has 0 radical (unpaired) electrons. The van der Waals surface area contributed by atoms with Gasteiger partial charge in [0.25, 0.3) is 0 Å². The number of carbonyl (C=O) groups excluding carboxylic acids is 1. The van der Waals surface area contributed by atoms with Crippen LogP contribution in [0, 0.1) is 11.3 Å². The highest BCUT2D eigenvalue weighted by molar-refractivity contribution is 5.74. The van der Waals surface area contributed by atoms with Gasteiger partial charge in [-0.15, -0.1) is 0 Å². The normalized spacial score (nSPS) is 23.0. The number of nitrogens with zero attached hydrogens (tertiary/aromatic N) is 2. The molecule has 2 amide bonds. The van der Waals surface area contributed by atoms with Gasteiger partial charge < -0.3 is 19.7 Å². The van der Waals surface area contributed by atoms with E-state index in [1.807, 2.05) is 4.90 Å². The van der Waals surface area contributed by atoms with E-state index in [0.29, 0.717) is 24.5 Å². The van der Waals surface area contributed by atoms with Crippen molar-refractivity contribution in [3.63, 3.8) is 0 Å². The lowest BCUT2D eigenvalue weighted by Gasteiger charge is -2.29. The number of rotatable bonds is 5. The van der Waals surface area contributed by atoms with E-state index in [1.54, 1.807) is 24.3 Å². The minimum absolute atomic E-state index is 0.0311. The number of urea groups is 1. The van der Waals surface area contributed by atoms with E-state index in [-0.39, 0.29) is 18.2 Å². The molecule has 0 aromatic heterocycles. The van der Waals surface area contributed by atoms with Crippen LogP contribution in [0.1, 0.15) is 31.2 Å². The minimum atomic E-state index is -0.0311. The summed E-state index contributed by atoms with van der Waals surface area (Å²) < 4.78 is 11.3. The smallest absolute Gasteiger partial charge is 0.317 e. The van der Waals surface area contributed by atoms with E-state index in [2.05, 4.69) is 11.4 Å². The van der Waals surface area contributed by atoms with Crippen molar-refractivity contribution in [1.82, 2.24) is 10.2 Å². The molecule has 6 heteroatoms. The van der Waals surface area contributed by atoms with Gasteiger partial charge in [-0.3, -0.25) is 0 Å². The average molecular weight is 329 g/mol. The fourth-order valence-electron chi connectivity index (χ4n) is 3.39.